The molecule has 1 heterocycles. The lowest BCUT2D eigenvalue weighted by Crippen LogP contribution is -2.18. The maximum atomic E-state index is 12.0. The van der Waals surface area contributed by atoms with Gasteiger partial charge in [-0.15, -0.1) is 0 Å². The highest BCUT2D eigenvalue weighted by Gasteiger charge is 2.74. The van der Waals surface area contributed by atoms with E-state index in [9.17, 15) is 9.59 Å². The number of hydrogen-bond acceptors (Lipinski definition) is 3. The third kappa shape index (κ3) is 2.11. The highest BCUT2D eigenvalue weighted by molar-refractivity contribution is 6.03. The Morgan fingerprint density at radius 1 is 1.05 bits per heavy atom. The summed E-state index contributed by atoms with van der Waals surface area (Å²) < 4.78 is 5.02. The summed E-state index contributed by atoms with van der Waals surface area (Å²) in [6.07, 6.45) is 3.53. The van der Waals surface area contributed by atoms with Gasteiger partial charge in [0.15, 0.2) is 5.76 Å². The van der Waals surface area contributed by atoms with Gasteiger partial charge in [0.05, 0.1) is 11.7 Å². The Labute approximate surface area is 121 Å². The van der Waals surface area contributed by atoms with Gasteiger partial charge in [0.1, 0.15) is 0 Å². The molecule has 2 aliphatic carbocycles. The largest absolute Gasteiger partial charge is 0.459 e. The molecule has 2 aromatic rings. The molecule has 0 atom stereocenters. The second-order valence-corrected chi connectivity index (χ2v) is 5.72. The van der Waals surface area contributed by atoms with Crippen molar-refractivity contribution in [2.45, 2.75) is 12.8 Å². The van der Waals surface area contributed by atoms with E-state index in [0.717, 1.165) is 18.5 Å². The molecule has 2 saturated carbocycles. The van der Waals surface area contributed by atoms with Crippen LogP contribution in [0.4, 0.5) is 11.4 Å². The molecule has 5 heteroatoms. The third-order valence-electron chi connectivity index (χ3n) is 4.28. The summed E-state index contributed by atoms with van der Waals surface area (Å²) in [7, 11) is 0. The van der Waals surface area contributed by atoms with Crippen LogP contribution in [0.1, 0.15) is 23.4 Å². The maximum absolute atomic E-state index is 12.0. The van der Waals surface area contributed by atoms with Crippen molar-refractivity contribution >= 4 is 23.2 Å². The number of anilines is 2. The number of fused-ring (bicyclic) bond motifs is 1. The lowest BCUT2D eigenvalue weighted by molar-refractivity contribution is -0.119. The molecule has 0 unspecified atom stereocenters. The summed E-state index contributed by atoms with van der Waals surface area (Å²) in [4.78, 5) is 23.8. The van der Waals surface area contributed by atoms with Gasteiger partial charge in [0.25, 0.3) is 5.91 Å². The van der Waals surface area contributed by atoms with Crippen LogP contribution >= 0.6 is 0 Å². The predicted octanol–water partition coefficient (Wildman–Crippen LogP) is 2.88. The molecule has 1 aromatic carbocycles. The first-order valence-electron chi connectivity index (χ1n) is 6.94. The monoisotopic (exact) mass is 282 g/mol. The van der Waals surface area contributed by atoms with Crippen molar-refractivity contribution in [3.8, 4) is 0 Å². The molecule has 0 radical (unpaired) electrons. The first-order chi connectivity index (χ1) is 10.2. The van der Waals surface area contributed by atoms with Crippen LogP contribution in [0.5, 0.6) is 0 Å². The molecule has 0 aliphatic heterocycles. The van der Waals surface area contributed by atoms with Gasteiger partial charge < -0.3 is 15.1 Å². The quantitative estimate of drug-likeness (QED) is 0.905. The van der Waals surface area contributed by atoms with Crippen molar-refractivity contribution in [1.29, 1.82) is 0 Å². The van der Waals surface area contributed by atoms with Crippen LogP contribution in [0.2, 0.25) is 0 Å². The van der Waals surface area contributed by atoms with Gasteiger partial charge in [0.2, 0.25) is 5.91 Å². The molecule has 2 N–H and O–H groups in total. The van der Waals surface area contributed by atoms with Crippen LogP contribution in [0.3, 0.4) is 0 Å². The van der Waals surface area contributed by atoms with E-state index in [4.69, 9.17) is 4.42 Å². The highest BCUT2D eigenvalue weighted by atomic mass is 16.3. The van der Waals surface area contributed by atoms with Crippen LogP contribution < -0.4 is 10.6 Å². The van der Waals surface area contributed by atoms with Gasteiger partial charge >= 0.3 is 0 Å². The summed E-state index contributed by atoms with van der Waals surface area (Å²) in [6, 6.07) is 10.3. The average molecular weight is 282 g/mol. The number of rotatable bonds is 4. The molecule has 2 fully saturated rings. The standard InChI is InChI=1S/C16H14N2O3/c19-14(13-2-1-7-21-13)17-11-3-5-12(6-4-11)18-15(20)16-8-10(16)9-16/h1-7,10H,8-9H2,(H,17,19)(H,18,20). The predicted molar refractivity (Wildman–Crippen MR) is 76.9 cm³/mol. The van der Waals surface area contributed by atoms with E-state index in [0.29, 0.717) is 11.6 Å². The maximum Gasteiger partial charge on any atom is 0.291 e. The molecule has 106 valence electrons. The second-order valence-electron chi connectivity index (χ2n) is 5.72. The lowest BCUT2D eigenvalue weighted by Gasteiger charge is -2.08. The van der Waals surface area contributed by atoms with Crippen LogP contribution in [-0.2, 0) is 4.79 Å². The van der Waals surface area contributed by atoms with Gasteiger partial charge in [-0.1, -0.05) is 0 Å². The van der Waals surface area contributed by atoms with Crippen LogP contribution in [-0.4, -0.2) is 11.8 Å². The van der Waals surface area contributed by atoms with Crippen molar-refractivity contribution in [2.75, 3.05) is 10.6 Å². The molecular weight excluding hydrogens is 268 g/mol. The fourth-order valence-corrected chi connectivity index (χ4v) is 2.57. The number of benzene rings is 1. The summed E-state index contributed by atoms with van der Waals surface area (Å²) in [6.45, 7) is 0. The highest BCUT2D eigenvalue weighted by Crippen LogP contribution is 2.75. The van der Waals surface area contributed by atoms with Crippen molar-refractivity contribution in [3.63, 3.8) is 0 Å². The zero-order chi connectivity index (χ0) is 14.4. The Balaban J connectivity index is 1.39. The van der Waals surface area contributed by atoms with Gasteiger partial charge in [-0.3, -0.25) is 9.59 Å². The zero-order valence-electron chi connectivity index (χ0n) is 11.3. The third-order valence-corrected chi connectivity index (χ3v) is 4.28. The van der Waals surface area contributed by atoms with E-state index >= 15 is 0 Å². The van der Waals surface area contributed by atoms with Gasteiger partial charge in [-0.2, -0.15) is 0 Å². The van der Waals surface area contributed by atoms with Crippen LogP contribution in [0.25, 0.3) is 0 Å². The number of amides is 2. The summed E-state index contributed by atoms with van der Waals surface area (Å²) >= 11 is 0. The van der Waals surface area contributed by atoms with Crippen LogP contribution in [0, 0.1) is 11.3 Å². The van der Waals surface area contributed by atoms with E-state index in [-0.39, 0.29) is 23.0 Å². The molecule has 1 aromatic heterocycles. The molecule has 21 heavy (non-hydrogen) atoms. The van der Waals surface area contributed by atoms with E-state index in [1.165, 1.54) is 6.26 Å². The van der Waals surface area contributed by atoms with Crippen LogP contribution in [0.15, 0.2) is 47.1 Å². The first-order valence-corrected chi connectivity index (χ1v) is 6.94. The normalized spacial score (nSPS) is 24.9. The van der Waals surface area contributed by atoms with E-state index in [1.54, 1.807) is 36.4 Å². The number of nitrogens with one attached hydrogen (secondary N) is 2. The number of carbonyl (C=O) groups excluding carboxylic acids is 2. The number of carbonyl (C=O) groups is 2. The Morgan fingerprint density at radius 2 is 1.67 bits per heavy atom. The minimum Gasteiger partial charge on any atom is -0.459 e. The fourth-order valence-electron chi connectivity index (χ4n) is 2.57. The van der Waals surface area contributed by atoms with Crippen molar-refractivity contribution in [2.24, 2.45) is 11.3 Å². The number of hydrogen-bond donors (Lipinski definition) is 2. The van der Waals surface area contributed by atoms with Gasteiger partial charge in [-0.25, -0.2) is 0 Å². The van der Waals surface area contributed by atoms with Crippen molar-refractivity contribution in [1.82, 2.24) is 0 Å². The second kappa shape index (κ2) is 4.22. The molecule has 2 aliphatic rings. The molecular formula is C16H14N2O3. The molecule has 0 saturated heterocycles. The Bertz CT molecular complexity index is 698. The minimum atomic E-state index is -0.297. The Hall–Kier alpha value is -2.56. The smallest absolute Gasteiger partial charge is 0.291 e. The molecule has 0 bridgehead atoms. The zero-order valence-corrected chi connectivity index (χ0v) is 11.3. The van der Waals surface area contributed by atoms with Crippen molar-refractivity contribution < 1.29 is 14.0 Å². The molecule has 4 rings (SSSR count). The SMILES string of the molecule is O=C(Nc1ccc(NC(=O)C23CC2C3)cc1)c1ccco1. The summed E-state index contributed by atoms with van der Waals surface area (Å²) in [5.41, 5.74) is 1.37. The fraction of sp³-hybridized carbons (Fsp3) is 0.250. The summed E-state index contributed by atoms with van der Waals surface area (Å²) in [5.74, 6) is 0.721. The van der Waals surface area contributed by atoms with E-state index in [2.05, 4.69) is 10.6 Å². The van der Waals surface area contributed by atoms with Crippen molar-refractivity contribution in [3.05, 3.63) is 48.4 Å². The van der Waals surface area contributed by atoms with Gasteiger partial charge in [0, 0.05) is 11.4 Å². The first kappa shape index (κ1) is 12.2. The molecule has 5 nitrogen and oxygen atoms in total. The van der Waals surface area contributed by atoms with Gasteiger partial charge in [-0.05, 0) is 55.2 Å². The van der Waals surface area contributed by atoms with E-state index < -0.39 is 0 Å². The topological polar surface area (TPSA) is 71.3 Å². The Morgan fingerprint density at radius 3 is 2.19 bits per heavy atom. The molecule has 2 amide bonds. The Kier molecular flexibility index (Phi) is 2.45. The molecule has 0 spiro atoms. The average Bonchev–Trinajstić information content (AvgIpc) is 3.26. The lowest BCUT2D eigenvalue weighted by atomic mass is 10.2. The summed E-state index contributed by atoms with van der Waals surface area (Å²) in [5, 5.41) is 5.65. The number of furan rings is 1. The van der Waals surface area contributed by atoms with E-state index in [1.807, 2.05) is 0 Å². The minimum absolute atomic E-state index is 0.0355.